The molecule has 0 unspecified atom stereocenters. The minimum absolute atomic E-state index is 0.0114. The van der Waals surface area contributed by atoms with E-state index >= 15 is 0 Å². The Bertz CT molecular complexity index is 426. The third kappa shape index (κ3) is 5.15. The van der Waals surface area contributed by atoms with E-state index in [1.165, 1.54) is 6.07 Å². The molecule has 0 heterocycles. The molecule has 0 aromatic heterocycles. The van der Waals surface area contributed by atoms with Crippen LogP contribution in [0, 0.1) is 11.6 Å². The molecular weight excluding hydrogens is 272 g/mol. The highest BCUT2D eigenvalue weighted by Gasteiger charge is 2.12. The molecule has 0 aliphatic rings. The van der Waals surface area contributed by atoms with E-state index in [2.05, 4.69) is 0 Å². The van der Waals surface area contributed by atoms with E-state index < -0.39 is 11.6 Å². The summed E-state index contributed by atoms with van der Waals surface area (Å²) in [5, 5.41) is 0. The summed E-state index contributed by atoms with van der Waals surface area (Å²) < 4.78 is 25.9. The van der Waals surface area contributed by atoms with Crippen LogP contribution in [-0.2, 0) is 11.3 Å². The Labute approximate surface area is 117 Å². The van der Waals surface area contributed by atoms with Gasteiger partial charge in [-0.15, -0.1) is 11.6 Å². The molecule has 1 rings (SSSR count). The molecule has 19 heavy (non-hydrogen) atoms. The number of nitrogens with zero attached hydrogens (tertiary/aromatic N) is 1. The first kappa shape index (κ1) is 15.9. The number of carbonyl (C=O) groups is 1. The molecule has 2 nitrogen and oxygen atoms in total. The first-order valence-electron chi connectivity index (χ1n) is 6.36. The number of carbonyl (C=O) groups excluding carboxylic acids is 1. The van der Waals surface area contributed by atoms with Gasteiger partial charge in [-0.25, -0.2) is 8.78 Å². The van der Waals surface area contributed by atoms with E-state index in [0.29, 0.717) is 31.0 Å². The quantitative estimate of drug-likeness (QED) is 0.553. The Morgan fingerprint density at radius 3 is 2.58 bits per heavy atom. The standard InChI is InChI=1S/C14H18ClF2NO/c1-2-18(14(19)5-3-4-8-15)10-11-6-7-12(16)13(17)9-11/h6-7,9H,2-5,8,10H2,1H3. The van der Waals surface area contributed by atoms with E-state index in [9.17, 15) is 13.6 Å². The Morgan fingerprint density at radius 2 is 2.00 bits per heavy atom. The largest absolute Gasteiger partial charge is 0.339 e. The van der Waals surface area contributed by atoms with E-state index in [-0.39, 0.29) is 5.91 Å². The van der Waals surface area contributed by atoms with Gasteiger partial charge in [0.1, 0.15) is 0 Å². The number of unbranched alkanes of at least 4 members (excludes halogenated alkanes) is 1. The highest BCUT2D eigenvalue weighted by Crippen LogP contribution is 2.12. The van der Waals surface area contributed by atoms with Crippen LogP contribution < -0.4 is 0 Å². The van der Waals surface area contributed by atoms with Crippen LogP contribution in [0.3, 0.4) is 0 Å². The van der Waals surface area contributed by atoms with Crippen molar-refractivity contribution in [3.05, 3.63) is 35.4 Å². The van der Waals surface area contributed by atoms with Gasteiger partial charge in [-0.2, -0.15) is 0 Å². The summed E-state index contributed by atoms with van der Waals surface area (Å²) in [5.74, 6) is -1.21. The third-order valence-corrected chi connectivity index (χ3v) is 3.13. The molecule has 0 N–H and O–H groups in total. The highest BCUT2D eigenvalue weighted by molar-refractivity contribution is 6.17. The van der Waals surface area contributed by atoms with Crippen LogP contribution >= 0.6 is 11.6 Å². The molecule has 1 aromatic carbocycles. The van der Waals surface area contributed by atoms with Crippen molar-refractivity contribution >= 4 is 17.5 Å². The normalized spacial score (nSPS) is 10.5. The van der Waals surface area contributed by atoms with Gasteiger partial charge < -0.3 is 4.90 Å². The predicted molar refractivity (Wildman–Crippen MR) is 72.0 cm³/mol. The van der Waals surface area contributed by atoms with Crippen molar-refractivity contribution in [2.45, 2.75) is 32.7 Å². The van der Waals surface area contributed by atoms with Crippen LogP contribution in [0.1, 0.15) is 31.7 Å². The van der Waals surface area contributed by atoms with Gasteiger partial charge in [0.05, 0.1) is 0 Å². The molecule has 1 aromatic rings. The lowest BCUT2D eigenvalue weighted by atomic mass is 10.1. The topological polar surface area (TPSA) is 20.3 Å². The molecule has 0 aliphatic heterocycles. The molecule has 0 aliphatic carbocycles. The van der Waals surface area contributed by atoms with Crippen LogP contribution in [0.5, 0.6) is 0 Å². The SMILES string of the molecule is CCN(Cc1ccc(F)c(F)c1)C(=O)CCCCCl. The van der Waals surface area contributed by atoms with E-state index in [1.54, 1.807) is 4.90 Å². The molecule has 0 fully saturated rings. The maximum atomic E-state index is 13.1. The third-order valence-electron chi connectivity index (χ3n) is 2.87. The van der Waals surface area contributed by atoms with Crippen molar-refractivity contribution in [1.29, 1.82) is 0 Å². The Morgan fingerprint density at radius 1 is 1.26 bits per heavy atom. The summed E-state index contributed by atoms with van der Waals surface area (Å²) in [6.45, 7) is 2.70. The maximum Gasteiger partial charge on any atom is 0.222 e. The first-order valence-corrected chi connectivity index (χ1v) is 6.89. The summed E-state index contributed by atoms with van der Waals surface area (Å²) in [6.07, 6.45) is 1.98. The Kier molecular flexibility index (Phi) is 6.78. The lowest BCUT2D eigenvalue weighted by molar-refractivity contribution is -0.131. The number of benzene rings is 1. The minimum Gasteiger partial charge on any atom is -0.339 e. The molecule has 0 spiro atoms. The monoisotopic (exact) mass is 289 g/mol. The van der Waals surface area contributed by atoms with Gasteiger partial charge >= 0.3 is 0 Å². The van der Waals surface area contributed by atoms with Crippen LogP contribution in [0.15, 0.2) is 18.2 Å². The zero-order chi connectivity index (χ0) is 14.3. The number of hydrogen-bond acceptors (Lipinski definition) is 1. The number of hydrogen-bond donors (Lipinski definition) is 0. The molecule has 0 saturated heterocycles. The Hall–Kier alpha value is -1.16. The average molecular weight is 290 g/mol. The number of alkyl halides is 1. The summed E-state index contributed by atoms with van der Waals surface area (Å²) in [7, 11) is 0. The molecule has 0 bridgehead atoms. The summed E-state index contributed by atoms with van der Waals surface area (Å²) >= 11 is 5.56. The second-order valence-electron chi connectivity index (χ2n) is 4.30. The molecule has 0 atom stereocenters. The van der Waals surface area contributed by atoms with Gasteiger partial charge in [-0.05, 0) is 37.5 Å². The zero-order valence-corrected chi connectivity index (χ0v) is 11.7. The van der Waals surface area contributed by atoms with Crippen LogP contribution in [0.25, 0.3) is 0 Å². The van der Waals surface area contributed by atoms with Gasteiger partial charge in [0.2, 0.25) is 5.91 Å². The fourth-order valence-corrected chi connectivity index (χ4v) is 1.95. The lowest BCUT2D eigenvalue weighted by Gasteiger charge is -2.21. The molecule has 5 heteroatoms. The summed E-state index contributed by atoms with van der Waals surface area (Å²) in [5.41, 5.74) is 0.589. The van der Waals surface area contributed by atoms with E-state index in [0.717, 1.165) is 25.0 Å². The highest BCUT2D eigenvalue weighted by atomic mass is 35.5. The second kappa shape index (κ2) is 8.10. The van der Waals surface area contributed by atoms with Gasteiger partial charge in [-0.1, -0.05) is 6.07 Å². The van der Waals surface area contributed by atoms with Gasteiger partial charge in [0.15, 0.2) is 11.6 Å². The number of rotatable bonds is 7. The van der Waals surface area contributed by atoms with Crippen molar-refractivity contribution in [2.75, 3.05) is 12.4 Å². The molecule has 1 amide bonds. The molecule has 106 valence electrons. The van der Waals surface area contributed by atoms with E-state index in [1.807, 2.05) is 6.92 Å². The average Bonchev–Trinajstić information content (AvgIpc) is 2.40. The maximum absolute atomic E-state index is 13.1. The van der Waals surface area contributed by atoms with Crippen LogP contribution in [0.4, 0.5) is 8.78 Å². The summed E-state index contributed by atoms with van der Waals surface area (Å²) in [6, 6.07) is 3.70. The molecule has 0 saturated carbocycles. The number of halogens is 3. The zero-order valence-electron chi connectivity index (χ0n) is 11.0. The van der Waals surface area contributed by atoms with Crippen molar-refractivity contribution in [1.82, 2.24) is 4.90 Å². The second-order valence-corrected chi connectivity index (χ2v) is 4.68. The van der Waals surface area contributed by atoms with Crippen molar-refractivity contribution in [2.24, 2.45) is 0 Å². The fourth-order valence-electron chi connectivity index (χ4n) is 1.76. The lowest BCUT2D eigenvalue weighted by Crippen LogP contribution is -2.30. The van der Waals surface area contributed by atoms with Gasteiger partial charge in [0, 0.05) is 25.4 Å². The van der Waals surface area contributed by atoms with Gasteiger partial charge in [-0.3, -0.25) is 4.79 Å². The minimum atomic E-state index is -0.886. The van der Waals surface area contributed by atoms with E-state index in [4.69, 9.17) is 11.6 Å². The van der Waals surface area contributed by atoms with Crippen LogP contribution in [0.2, 0.25) is 0 Å². The molecular formula is C14H18ClF2NO. The van der Waals surface area contributed by atoms with Crippen LogP contribution in [-0.4, -0.2) is 23.2 Å². The Balaban J connectivity index is 2.60. The smallest absolute Gasteiger partial charge is 0.222 e. The van der Waals surface area contributed by atoms with Crippen molar-refractivity contribution in [3.8, 4) is 0 Å². The van der Waals surface area contributed by atoms with Crippen molar-refractivity contribution < 1.29 is 13.6 Å². The number of amides is 1. The first-order chi connectivity index (χ1) is 9.08. The van der Waals surface area contributed by atoms with Gasteiger partial charge in [0.25, 0.3) is 0 Å². The fraction of sp³-hybridized carbons (Fsp3) is 0.500. The predicted octanol–water partition coefficient (Wildman–Crippen LogP) is 3.72. The molecule has 0 radical (unpaired) electrons. The van der Waals surface area contributed by atoms with Crippen molar-refractivity contribution in [3.63, 3.8) is 0 Å². The summed E-state index contributed by atoms with van der Waals surface area (Å²) in [4.78, 5) is 13.5.